The van der Waals surface area contributed by atoms with Gasteiger partial charge in [-0.25, -0.2) is 9.78 Å². The first-order chi connectivity index (χ1) is 8.53. The standard InChI is InChI=1S/C11H15N3O4/c12-8(15)7-9(14-6-13-7)18-10(16)11(17)4-2-1-3-5-11/h6,17H,1-5H2,(H2,12,15)(H,13,14). The summed E-state index contributed by atoms with van der Waals surface area (Å²) in [5, 5.41) is 10.1. The van der Waals surface area contributed by atoms with Crippen molar-refractivity contribution in [2.24, 2.45) is 5.73 Å². The smallest absolute Gasteiger partial charge is 0.344 e. The number of aromatic amines is 1. The number of aliphatic hydroxyl groups is 1. The van der Waals surface area contributed by atoms with E-state index in [0.29, 0.717) is 12.8 Å². The van der Waals surface area contributed by atoms with Crippen LogP contribution in [0.15, 0.2) is 6.33 Å². The third kappa shape index (κ3) is 2.35. The second-order valence-electron chi connectivity index (χ2n) is 4.43. The van der Waals surface area contributed by atoms with Gasteiger partial charge in [-0.3, -0.25) is 4.79 Å². The third-order valence-corrected chi connectivity index (χ3v) is 3.10. The highest BCUT2D eigenvalue weighted by Crippen LogP contribution is 2.29. The summed E-state index contributed by atoms with van der Waals surface area (Å²) < 4.78 is 4.96. The van der Waals surface area contributed by atoms with Gasteiger partial charge < -0.3 is 20.6 Å². The van der Waals surface area contributed by atoms with Crippen molar-refractivity contribution in [1.82, 2.24) is 9.97 Å². The van der Waals surface area contributed by atoms with Gasteiger partial charge in [0.1, 0.15) is 0 Å². The van der Waals surface area contributed by atoms with Crippen LogP contribution in [-0.2, 0) is 4.79 Å². The van der Waals surface area contributed by atoms with Crippen LogP contribution in [0.2, 0.25) is 0 Å². The van der Waals surface area contributed by atoms with Gasteiger partial charge in [-0.2, -0.15) is 0 Å². The molecule has 1 amide bonds. The van der Waals surface area contributed by atoms with Crippen LogP contribution in [0.4, 0.5) is 0 Å². The highest BCUT2D eigenvalue weighted by Gasteiger charge is 2.39. The van der Waals surface area contributed by atoms with E-state index < -0.39 is 17.5 Å². The van der Waals surface area contributed by atoms with Crippen molar-refractivity contribution in [3.63, 3.8) is 0 Å². The van der Waals surface area contributed by atoms with Gasteiger partial charge in [0.05, 0.1) is 6.33 Å². The fourth-order valence-corrected chi connectivity index (χ4v) is 2.06. The topological polar surface area (TPSA) is 118 Å². The lowest BCUT2D eigenvalue weighted by Crippen LogP contribution is -2.43. The number of primary amides is 1. The van der Waals surface area contributed by atoms with Gasteiger partial charge in [0, 0.05) is 0 Å². The number of H-pyrrole nitrogens is 1. The third-order valence-electron chi connectivity index (χ3n) is 3.10. The summed E-state index contributed by atoms with van der Waals surface area (Å²) in [6.07, 6.45) is 4.46. The van der Waals surface area contributed by atoms with Crippen molar-refractivity contribution in [1.29, 1.82) is 0 Å². The van der Waals surface area contributed by atoms with Crippen LogP contribution in [0.25, 0.3) is 0 Å². The van der Waals surface area contributed by atoms with Crippen LogP contribution in [-0.4, -0.2) is 32.6 Å². The molecule has 0 aromatic carbocycles. The minimum Gasteiger partial charge on any atom is -0.403 e. The zero-order valence-electron chi connectivity index (χ0n) is 9.81. The first-order valence-corrected chi connectivity index (χ1v) is 5.81. The van der Waals surface area contributed by atoms with E-state index in [2.05, 4.69) is 9.97 Å². The van der Waals surface area contributed by atoms with Crippen LogP contribution < -0.4 is 10.5 Å². The molecular formula is C11H15N3O4. The molecule has 0 saturated heterocycles. The molecule has 0 bridgehead atoms. The van der Waals surface area contributed by atoms with Gasteiger partial charge in [0.15, 0.2) is 11.3 Å². The summed E-state index contributed by atoms with van der Waals surface area (Å²) in [5.74, 6) is -1.74. The second kappa shape index (κ2) is 4.77. The Labute approximate surface area is 103 Å². The van der Waals surface area contributed by atoms with E-state index in [0.717, 1.165) is 19.3 Å². The predicted octanol–water partition coefficient (Wildman–Crippen LogP) is 0.109. The predicted molar refractivity (Wildman–Crippen MR) is 60.8 cm³/mol. The van der Waals surface area contributed by atoms with Crippen molar-refractivity contribution in [3.8, 4) is 5.88 Å². The molecule has 98 valence electrons. The number of nitrogens with two attached hydrogens (primary N) is 1. The van der Waals surface area contributed by atoms with E-state index in [1.807, 2.05) is 0 Å². The van der Waals surface area contributed by atoms with Crippen molar-refractivity contribution in [3.05, 3.63) is 12.0 Å². The number of esters is 1. The maximum absolute atomic E-state index is 11.9. The number of carbonyl (C=O) groups is 2. The molecular weight excluding hydrogens is 238 g/mol. The van der Waals surface area contributed by atoms with E-state index in [1.54, 1.807) is 0 Å². The molecule has 1 aromatic rings. The monoisotopic (exact) mass is 253 g/mol. The molecule has 1 saturated carbocycles. The molecule has 0 atom stereocenters. The van der Waals surface area contributed by atoms with Gasteiger partial charge in [0.25, 0.3) is 11.8 Å². The van der Waals surface area contributed by atoms with Gasteiger partial charge >= 0.3 is 5.97 Å². The van der Waals surface area contributed by atoms with Crippen molar-refractivity contribution in [2.75, 3.05) is 0 Å². The molecule has 7 nitrogen and oxygen atoms in total. The highest BCUT2D eigenvalue weighted by molar-refractivity contribution is 5.94. The lowest BCUT2D eigenvalue weighted by molar-refractivity contribution is -0.158. The molecule has 7 heteroatoms. The van der Waals surface area contributed by atoms with Gasteiger partial charge in [-0.05, 0) is 25.7 Å². The number of nitrogens with one attached hydrogen (secondary N) is 1. The average Bonchev–Trinajstić information content (AvgIpc) is 2.78. The molecule has 2 rings (SSSR count). The van der Waals surface area contributed by atoms with Crippen LogP contribution >= 0.6 is 0 Å². The molecule has 18 heavy (non-hydrogen) atoms. The highest BCUT2D eigenvalue weighted by atomic mass is 16.6. The van der Waals surface area contributed by atoms with Crippen molar-refractivity contribution >= 4 is 11.9 Å². The first kappa shape index (κ1) is 12.6. The van der Waals surface area contributed by atoms with Gasteiger partial charge in [0.2, 0.25) is 0 Å². The molecule has 1 aliphatic rings. The van der Waals surface area contributed by atoms with Crippen molar-refractivity contribution in [2.45, 2.75) is 37.7 Å². The van der Waals surface area contributed by atoms with E-state index >= 15 is 0 Å². The number of nitrogens with zero attached hydrogens (tertiary/aromatic N) is 1. The van der Waals surface area contributed by atoms with Crippen LogP contribution in [0.1, 0.15) is 42.6 Å². The summed E-state index contributed by atoms with van der Waals surface area (Å²) in [6.45, 7) is 0. The largest absolute Gasteiger partial charge is 0.403 e. The molecule has 0 radical (unpaired) electrons. The Balaban J connectivity index is 2.11. The van der Waals surface area contributed by atoms with Crippen molar-refractivity contribution < 1.29 is 19.4 Å². The Morgan fingerprint density at radius 3 is 2.67 bits per heavy atom. The molecule has 4 N–H and O–H groups in total. The summed E-state index contributed by atoms with van der Waals surface area (Å²) in [4.78, 5) is 29.1. The Hall–Kier alpha value is -1.89. The molecule has 1 aromatic heterocycles. The molecule has 0 aliphatic heterocycles. The summed E-state index contributed by atoms with van der Waals surface area (Å²) in [6, 6.07) is 0. The van der Waals surface area contributed by atoms with Gasteiger partial charge in [-0.1, -0.05) is 6.42 Å². The normalized spacial score (nSPS) is 18.3. The number of hydrogen-bond acceptors (Lipinski definition) is 5. The minimum absolute atomic E-state index is 0.0808. The second-order valence-corrected chi connectivity index (χ2v) is 4.43. The maximum atomic E-state index is 11.9. The number of hydrogen-bond donors (Lipinski definition) is 3. The number of amides is 1. The molecule has 0 unspecified atom stereocenters. The zero-order chi connectivity index (χ0) is 13.2. The Bertz CT molecular complexity index is 463. The van der Waals surface area contributed by atoms with Crippen LogP contribution in [0.3, 0.4) is 0 Å². The minimum atomic E-state index is -1.48. The average molecular weight is 253 g/mol. The molecule has 1 fully saturated rings. The maximum Gasteiger partial charge on any atom is 0.344 e. The van der Waals surface area contributed by atoms with E-state index in [1.165, 1.54) is 6.33 Å². The Kier molecular flexibility index (Phi) is 3.33. The Morgan fingerprint density at radius 1 is 1.39 bits per heavy atom. The quantitative estimate of drug-likeness (QED) is 0.660. The zero-order valence-corrected chi connectivity index (χ0v) is 9.81. The number of carbonyl (C=O) groups excluding carboxylic acids is 2. The first-order valence-electron chi connectivity index (χ1n) is 5.81. The molecule has 1 heterocycles. The fourth-order valence-electron chi connectivity index (χ4n) is 2.06. The molecule has 1 aliphatic carbocycles. The van der Waals surface area contributed by atoms with Crippen LogP contribution in [0.5, 0.6) is 5.88 Å². The summed E-state index contributed by atoms with van der Waals surface area (Å²) >= 11 is 0. The van der Waals surface area contributed by atoms with E-state index in [9.17, 15) is 14.7 Å². The molecule has 0 spiro atoms. The number of ether oxygens (including phenoxy) is 1. The summed E-state index contributed by atoms with van der Waals surface area (Å²) in [5.41, 5.74) is 3.52. The number of imidazole rings is 1. The number of rotatable bonds is 3. The lowest BCUT2D eigenvalue weighted by Gasteiger charge is -2.28. The number of aromatic nitrogens is 2. The Morgan fingerprint density at radius 2 is 2.06 bits per heavy atom. The van der Waals surface area contributed by atoms with E-state index in [4.69, 9.17) is 10.5 Å². The van der Waals surface area contributed by atoms with E-state index in [-0.39, 0.29) is 11.6 Å². The van der Waals surface area contributed by atoms with Gasteiger partial charge in [-0.15, -0.1) is 0 Å². The lowest BCUT2D eigenvalue weighted by atomic mass is 9.85. The van der Waals surface area contributed by atoms with Crippen LogP contribution in [0, 0.1) is 0 Å². The fraction of sp³-hybridized carbons (Fsp3) is 0.545. The SMILES string of the molecule is NC(=O)c1[nH]cnc1OC(=O)C1(O)CCCCC1. The summed E-state index contributed by atoms with van der Waals surface area (Å²) in [7, 11) is 0.